The molecule has 0 bridgehead atoms. The van der Waals surface area contributed by atoms with Crippen LogP contribution in [0.1, 0.15) is 16.1 Å². The largest absolute Gasteiger partial charge is 0.508 e. The number of carbonyl (C=O) groups is 1. The van der Waals surface area contributed by atoms with E-state index in [1.807, 2.05) is 29.7 Å². The van der Waals surface area contributed by atoms with E-state index in [9.17, 15) is 9.90 Å². The Morgan fingerprint density at radius 2 is 2.00 bits per heavy atom. The minimum atomic E-state index is -0.436. The molecule has 0 spiro atoms. The molecule has 3 aromatic rings. The maximum atomic E-state index is 12.1. The second kappa shape index (κ2) is 5.39. The predicted molar refractivity (Wildman–Crippen MR) is 86.0 cm³/mol. The van der Waals surface area contributed by atoms with Gasteiger partial charge in [-0.3, -0.25) is 0 Å². The van der Waals surface area contributed by atoms with Gasteiger partial charge >= 0.3 is 5.97 Å². The lowest BCUT2D eigenvalue weighted by Crippen LogP contribution is -2.04. The summed E-state index contributed by atoms with van der Waals surface area (Å²) in [6.07, 6.45) is 0. The molecule has 22 heavy (non-hydrogen) atoms. The van der Waals surface area contributed by atoms with Gasteiger partial charge in [-0.05, 0) is 43.3 Å². The fraction of sp³-hybridized carbons (Fsp3) is 0.118. The van der Waals surface area contributed by atoms with Crippen molar-refractivity contribution in [1.29, 1.82) is 0 Å². The fourth-order valence-corrected chi connectivity index (χ4v) is 2.90. The molecule has 0 atom stereocenters. The molecule has 0 radical (unpaired) electrons. The van der Waals surface area contributed by atoms with Crippen molar-refractivity contribution < 1.29 is 14.6 Å². The van der Waals surface area contributed by atoms with Gasteiger partial charge in [0.25, 0.3) is 0 Å². The maximum Gasteiger partial charge on any atom is 0.340 e. The molecule has 112 valence electrons. The molecule has 1 heterocycles. The minimum Gasteiger partial charge on any atom is -0.508 e. The number of aromatic hydroxyl groups is 1. The highest BCUT2D eigenvalue weighted by Crippen LogP contribution is 2.32. The van der Waals surface area contributed by atoms with Crippen molar-refractivity contribution in [2.24, 2.45) is 0 Å². The summed E-state index contributed by atoms with van der Waals surface area (Å²) in [7, 11) is 1.34. The third-order valence-electron chi connectivity index (χ3n) is 3.64. The number of halogens is 1. The number of carbonyl (C=O) groups excluding carboxylic acids is 1. The summed E-state index contributed by atoms with van der Waals surface area (Å²) in [6, 6.07) is 12.3. The van der Waals surface area contributed by atoms with Gasteiger partial charge < -0.3 is 14.4 Å². The normalized spacial score (nSPS) is 10.9. The van der Waals surface area contributed by atoms with Gasteiger partial charge in [0, 0.05) is 21.8 Å². The molecule has 0 unspecified atom stereocenters. The Labute approximate surface area is 132 Å². The number of fused-ring (bicyclic) bond motifs is 1. The number of nitrogens with zero attached hydrogens (tertiary/aromatic N) is 1. The van der Waals surface area contributed by atoms with E-state index >= 15 is 0 Å². The number of ether oxygens (including phenoxy) is 1. The third kappa shape index (κ3) is 2.22. The van der Waals surface area contributed by atoms with Gasteiger partial charge in [-0.25, -0.2) is 4.79 Å². The molecule has 0 aliphatic heterocycles. The molecule has 2 aromatic carbocycles. The summed E-state index contributed by atoms with van der Waals surface area (Å²) in [5.74, 6) is -0.338. The van der Waals surface area contributed by atoms with Crippen molar-refractivity contribution in [3.8, 4) is 11.4 Å². The number of aromatic nitrogens is 1. The van der Waals surface area contributed by atoms with Crippen LogP contribution in [0, 0.1) is 6.92 Å². The van der Waals surface area contributed by atoms with E-state index in [1.54, 1.807) is 24.3 Å². The SMILES string of the molecule is COC(=O)c1c(C)n(-c2cccc(Cl)c2)c2ccc(O)cc12. The Balaban J connectivity index is 2.40. The van der Waals surface area contributed by atoms with Crippen molar-refractivity contribution in [2.75, 3.05) is 7.11 Å². The first-order chi connectivity index (χ1) is 10.5. The lowest BCUT2D eigenvalue weighted by molar-refractivity contribution is 0.0602. The summed E-state index contributed by atoms with van der Waals surface area (Å²) in [5.41, 5.74) is 2.82. The number of hydrogen-bond donors (Lipinski definition) is 1. The average molecular weight is 316 g/mol. The summed E-state index contributed by atoms with van der Waals surface area (Å²) in [4.78, 5) is 12.1. The number of benzene rings is 2. The molecule has 0 amide bonds. The molecule has 0 saturated carbocycles. The van der Waals surface area contributed by atoms with Gasteiger partial charge in [-0.1, -0.05) is 17.7 Å². The Hall–Kier alpha value is -2.46. The zero-order valence-corrected chi connectivity index (χ0v) is 12.9. The molecular formula is C17H14ClNO3. The first-order valence-corrected chi connectivity index (χ1v) is 7.09. The minimum absolute atomic E-state index is 0.0981. The van der Waals surface area contributed by atoms with Gasteiger partial charge in [0.15, 0.2) is 0 Å². The van der Waals surface area contributed by atoms with Gasteiger partial charge in [0.05, 0.1) is 18.2 Å². The van der Waals surface area contributed by atoms with Crippen LogP contribution in [0.2, 0.25) is 5.02 Å². The van der Waals surface area contributed by atoms with E-state index in [1.165, 1.54) is 7.11 Å². The van der Waals surface area contributed by atoms with Crippen molar-refractivity contribution in [2.45, 2.75) is 6.92 Å². The monoisotopic (exact) mass is 315 g/mol. The molecule has 0 aliphatic rings. The summed E-state index contributed by atoms with van der Waals surface area (Å²) in [6.45, 7) is 1.84. The van der Waals surface area contributed by atoms with E-state index in [-0.39, 0.29) is 5.75 Å². The Morgan fingerprint density at radius 3 is 2.68 bits per heavy atom. The molecule has 4 nitrogen and oxygen atoms in total. The Kier molecular flexibility index (Phi) is 3.54. The lowest BCUT2D eigenvalue weighted by Gasteiger charge is -2.09. The molecule has 0 fully saturated rings. The molecule has 0 saturated heterocycles. The Bertz CT molecular complexity index is 883. The van der Waals surface area contributed by atoms with Crippen LogP contribution < -0.4 is 0 Å². The van der Waals surface area contributed by atoms with Crippen LogP contribution in [0.3, 0.4) is 0 Å². The fourth-order valence-electron chi connectivity index (χ4n) is 2.71. The van der Waals surface area contributed by atoms with E-state index < -0.39 is 5.97 Å². The predicted octanol–water partition coefficient (Wildman–Crippen LogP) is 4.08. The molecule has 1 aromatic heterocycles. The van der Waals surface area contributed by atoms with E-state index in [4.69, 9.17) is 16.3 Å². The topological polar surface area (TPSA) is 51.5 Å². The number of esters is 1. The van der Waals surface area contributed by atoms with Crippen LogP contribution in [-0.2, 0) is 4.74 Å². The van der Waals surface area contributed by atoms with Gasteiger partial charge in [0.1, 0.15) is 5.75 Å². The first kappa shape index (κ1) is 14.5. The number of phenolic OH excluding ortho intramolecular Hbond substituents is 1. The molecule has 5 heteroatoms. The van der Waals surface area contributed by atoms with Crippen LogP contribution in [0.5, 0.6) is 5.75 Å². The van der Waals surface area contributed by atoms with Crippen molar-refractivity contribution in [1.82, 2.24) is 4.57 Å². The molecule has 0 aliphatic carbocycles. The van der Waals surface area contributed by atoms with Crippen molar-refractivity contribution >= 4 is 28.5 Å². The zero-order chi connectivity index (χ0) is 15.9. The second-order valence-corrected chi connectivity index (χ2v) is 5.41. The highest BCUT2D eigenvalue weighted by Gasteiger charge is 2.21. The third-order valence-corrected chi connectivity index (χ3v) is 3.88. The highest BCUT2D eigenvalue weighted by atomic mass is 35.5. The standard InChI is InChI=1S/C17H14ClNO3/c1-10-16(17(21)22-2)14-9-13(20)6-7-15(14)19(10)12-5-3-4-11(18)8-12/h3-9,20H,1-2H3. The summed E-state index contributed by atoms with van der Waals surface area (Å²) in [5, 5.41) is 11.0. The smallest absolute Gasteiger partial charge is 0.340 e. The zero-order valence-electron chi connectivity index (χ0n) is 12.1. The quantitative estimate of drug-likeness (QED) is 0.725. The van der Waals surface area contributed by atoms with Crippen LogP contribution in [0.25, 0.3) is 16.6 Å². The van der Waals surface area contributed by atoms with E-state index in [0.717, 1.165) is 16.9 Å². The van der Waals surface area contributed by atoms with E-state index in [2.05, 4.69) is 0 Å². The number of hydrogen-bond acceptors (Lipinski definition) is 3. The summed E-state index contributed by atoms with van der Waals surface area (Å²) < 4.78 is 6.80. The molecule has 3 rings (SSSR count). The maximum absolute atomic E-state index is 12.1. The van der Waals surface area contributed by atoms with Crippen LogP contribution in [0.4, 0.5) is 0 Å². The second-order valence-electron chi connectivity index (χ2n) is 4.97. The van der Waals surface area contributed by atoms with Crippen molar-refractivity contribution in [3.05, 3.63) is 58.7 Å². The lowest BCUT2D eigenvalue weighted by atomic mass is 10.1. The van der Waals surface area contributed by atoms with Crippen LogP contribution in [0.15, 0.2) is 42.5 Å². The van der Waals surface area contributed by atoms with Crippen LogP contribution >= 0.6 is 11.6 Å². The molecule has 1 N–H and O–H groups in total. The van der Waals surface area contributed by atoms with Gasteiger partial charge in [-0.15, -0.1) is 0 Å². The highest BCUT2D eigenvalue weighted by molar-refractivity contribution is 6.30. The van der Waals surface area contributed by atoms with E-state index in [0.29, 0.717) is 16.0 Å². The number of rotatable bonds is 2. The molecular weight excluding hydrogens is 302 g/mol. The van der Waals surface area contributed by atoms with Crippen LogP contribution in [-0.4, -0.2) is 22.8 Å². The number of phenols is 1. The van der Waals surface area contributed by atoms with Gasteiger partial charge in [-0.2, -0.15) is 0 Å². The van der Waals surface area contributed by atoms with Crippen molar-refractivity contribution in [3.63, 3.8) is 0 Å². The average Bonchev–Trinajstić information content (AvgIpc) is 2.77. The number of methoxy groups -OCH3 is 1. The first-order valence-electron chi connectivity index (χ1n) is 6.71. The van der Waals surface area contributed by atoms with Gasteiger partial charge in [0.2, 0.25) is 0 Å². The Morgan fingerprint density at radius 1 is 1.23 bits per heavy atom. The summed E-state index contributed by atoms with van der Waals surface area (Å²) >= 11 is 6.08.